The Hall–Kier alpha value is -1.63. The molecule has 3 aliphatic heterocycles. The van der Waals surface area contributed by atoms with Gasteiger partial charge in [0.05, 0.1) is 6.61 Å². The smallest absolute Gasteiger partial charge is 0.238 e. The van der Waals surface area contributed by atoms with Gasteiger partial charge in [-0.25, -0.2) is 10.9 Å². The van der Waals surface area contributed by atoms with E-state index in [1.165, 1.54) is 11.1 Å². The van der Waals surface area contributed by atoms with E-state index in [1.54, 1.807) is 0 Å². The number of hydrazine groups is 1. The molecule has 130 valence electrons. The van der Waals surface area contributed by atoms with Crippen LogP contribution in [0.2, 0.25) is 0 Å². The number of carbonyl (C=O) groups excluding carboxylic acids is 1. The molecule has 1 aromatic carbocycles. The van der Waals surface area contributed by atoms with E-state index < -0.39 is 0 Å². The lowest BCUT2D eigenvalue weighted by atomic mass is 9.98. The lowest BCUT2D eigenvalue weighted by Gasteiger charge is -2.22. The lowest BCUT2D eigenvalue weighted by molar-refractivity contribution is -0.123. The van der Waals surface area contributed by atoms with Crippen LogP contribution in [-0.4, -0.2) is 38.3 Å². The number of hydrogen-bond acceptors (Lipinski definition) is 5. The lowest BCUT2D eigenvalue weighted by Crippen LogP contribution is -2.45. The quantitative estimate of drug-likeness (QED) is 0.770. The van der Waals surface area contributed by atoms with E-state index in [1.807, 2.05) is 6.07 Å². The zero-order chi connectivity index (χ0) is 16.4. The molecule has 2 fully saturated rings. The van der Waals surface area contributed by atoms with E-state index in [0.29, 0.717) is 5.92 Å². The Morgan fingerprint density at radius 1 is 1.21 bits per heavy atom. The molecule has 0 aliphatic carbocycles. The van der Waals surface area contributed by atoms with Crippen molar-refractivity contribution in [3.8, 4) is 5.75 Å². The zero-order valence-electron chi connectivity index (χ0n) is 13.8. The number of nitrogens with one attached hydrogen (secondary N) is 3. The number of benzene rings is 1. The van der Waals surface area contributed by atoms with Gasteiger partial charge in [0.1, 0.15) is 11.8 Å². The number of hydrogen-bond donors (Lipinski definition) is 3. The maximum absolute atomic E-state index is 12.4. The highest BCUT2D eigenvalue weighted by molar-refractivity contribution is 5.82. The van der Waals surface area contributed by atoms with Gasteiger partial charge in [-0.05, 0) is 42.4 Å². The molecule has 0 aromatic heterocycles. The van der Waals surface area contributed by atoms with E-state index in [0.717, 1.165) is 57.8 Å². The Morgan fingerprint density at radius 2 is 2.08 bits per heavy atom. The fourth-order valence-electron chi connectivity index (χ4n) is 3.69. The molecule has 4 rings (SSSR count). The van der Waals surface area contributed by atoms with Gasteiger partial charge >= 0.3 is 0 Å². The number of ether oxygens (including phenoxy) is 2. The average Bonchev–Trinajstić information content (AvgIpc) is 3.29. The van der Waals surface area contributed by atoms with Crippen molar-refractivity contribution < 1.29 is 14.3 Å². The minimum absolute atomic E-state index is 0.0842. The Morgan fingerprint density at radius 3 is 2.96 bits per heavy atom. The minimum Gasteiger partial charge on any atom is -0.493 e. The minimum atomic E-state index is -0.181. The zero-order valence-corrected chi connectivity index (χ0v) is 13.8. The highest BCUT2D eigenvalue weighted by Gasteiger charge is 2.31. The summed E-state index contributed by atoms with van der Waals surface area (Å²) < 4.78 is 10.9. The number of fused-ring (bicyclic) bond motifs is 1. The Bertz CT molecular complexity index is 601. The van der Waals surface area contributed by atoms with Gasteiger partial charge in [-0.1, -0.05) is 12.1 Å². The van der Waals surface area contributed by atoms with Crippen molar-refractivity contribution in [3.05, 3.63) is 29.3 Å². The summed E-state index contributed by atoms with van der Waals surface area (Å²) in [5.41, 5.74) is 8.88. The largest absolute Gasteiger partial charge is 0.493 e. The predicted octanol–water partition coefficient (Wildman–Crippen LogP) is 1.07. The topological polar surface area (TPSA) is 71.6 Å². The van der Waals surface area contributed by atoms with E-state index >= 15 is 0 Å². The Kier molecular flexibility index (Phi) is 4.69. The first kappa shape index (κ1) is 15.9. The first-order valence-corrected chi connectivity index (χ1v) is 8.92. The van der Waals surface area contributed by atoms with Crippen molar-refractivity contribution in [1.29, 1.82) is 0 Å². The predicted molar refractivity (Wildman–Crippen MR) is 89.6 cm³/mol. The van der Waals surface area contributed by atoms with Crippen LogP contribution >= 0.6 is 0 Å². The van der Waals surface area contributed by atoms with Gasteiger partial charge in [-0.2, -0.15) is 0 Å². The molecule has 6 nitrogen and oxygen atoms in total. The molecule has 0 saturated carbocycles. The molecule has 3 aliphatic rings. The summed E-state index contributed by atoms with van der Waals surface area (Å²) >= 11 is 0. The van der Waals surface area contributed by atoms with Crippen molar-refractivity contribution in [3.63, 3.8) is 0 Å². The van der Waals surface area contributed by atoms with Gasteiger partial charge in [0.15, 0.2) is 0 Å². The van der Waals surface area contributed by atoms with Crippen molar-refractivity contribution in [1.82, 2.24) is 16.2 Å². The highest BCUT2D eigenvalue weighted by Crippen LogP contribution is 2.30. The molecule has 0 radical (unpaired) electrons. The molecule has 2 saturated heterocycles. The maximum Gasteiger partial charge on any atom is 0.238 e. The van der Waals surface area contributed by atoms with Crippen LogP contribution < -0.4 is 20.9 Å². The number of carbonyl (C=O) groups is 1. The monoisotopic (exact) mass is 331 g/mol. The average molecular weight is 331 g/mol. The molecule has 6 heteroatoms. The van der Waals surface area contributed by atoms with E-state index in [2.05, 4.69) is 28.3 Å². The van der Waals surface area contributed by atoms with Crippen LogP contribution in [0.4, 0.5) is 0 Å². The number of rotatable bonds is 4. The maximum atomic E-state index is 12.4. The van der Waals surface area contributed by atoms with Crippen LogP contribution in [0.25, 0.3) is 0 Å². The highest BCUT2D eigenvalue weighted by atomic mass is 16.5. The summed E-state index contributed by atoms with van der Waals surface area (Å²) in [5.74, 6) is 1.63. The van der Waals surface area contributed by atoms with Crippen LogP contribution in [0.1, 0.15) is 36.4 Å². The van der Waals surface area contributed by atoms with Crippen LogP contribution in [0.3, 0.4) is 0 Å². The molecule has 2 unspecified atom stereocenters. The molecule has 1 amide bonds. The standard InChI is InChI=1S/C18H25N3O3/c22-18(19-11-12-3-6-23-7-4-12)16-10-15(20-21-16)13-1-2-17-14(9-13)5-8-24-17/h1-2,9,12,15-16,20-21H,3-8,10-11H2,(H,19,22). The molecule has 0 bridgehead atoms. The van der Waals surface area contributed by atoms with Crippen molar-refractivity contribution in [2.24, 2.45) is 5.92 Å². The van der Waals surface area contributed by atoms with E-state index in [9.17, 15) is 4.79 Å². The van der Waals surface area contributed by atoms with Crippen molar-refractivity contribution in [2.45, 2.75) is 37.8 Å². The first-order valence-electron chi connectivity index (χ1n) is 8.92. The molecule has 1 aromatic rings. The molecular formula is C18H25N3O3. The van der Waals surface area contributed by atoms with E-state index in [4.69, 9.17) is 9.47 Å². The Labute approximate surface area is 142 Å². The van der Waals surface area contributed by atoms with E-state index in [-0.39, 0.29) is 18.0 Å². The second-order valence-electron chi connectivity index (χ2n) is 6.90. The molecule has 3 N–H and O–H groups in total. The van der Waals surface area contributed by atoms with Crippen LogP contribution in [-0.2, 0) is 16.0 Å². The first-order chi connectivity index (χ1) is 11.8. The van der Waals surface area contributed by atoms with Gasteiger partial charge in [0, 0.05) is 32.2 Å². The molecule has 3 heterocycles. The van der Waals surface area contributed by atoms with Gasteiger partial charge in [-0.15, -0.1) is 0 Å². The third-order valence-electron chi connectivity index (χ3n) is 5.24. The summed E-state index contributed by atoms with van der Waals surface area (Å²) in [7, 11) is 0. The molecule has 0 spiro atoms. The fraction of sp³-hybridized carbons (Fsp3) is 0.611. The van der Waals surface area contributed by atoms with Gasteiger partial charge in [0.2, 0.25) is 5.91 Å². The third-order valence-corrected chi connectivity index (χ3v) is 5.24. The van der Waals surface area contributed by atoms with Gasteiger partial charge in [0.25, 0.3) is 0 Å². The summed E-state index contributed by atoms with van der Waals surface area (Å²) in [6, 6.07) is 6.31. The van der Waals surface area contributed by atoms with Crippen molar-refractivity contribution in [2.75, 3.05) is 26.4 Å². The number of amides is 1. The SMILES string of the molecule is O=C(NCC1CCOCC1)C1CC(c2ccc3c(c2)CCO3)NN1. The van der Waals surface area contributed by atoms with Crippen LogP contribution in [0, 0.1) is 5.92 Å². The molecule has 2 atom stereocenters. The fourth-order valence-corrected chi connectivity index (χ4v) is 3.69. The van der Waals surface area contributed by atoms with Crippen molar-refractivity contribution >= 4 is 5.91 Å². The molecule has 24 heavy (non-hydrogen) atoms. The summed E-state index contributed by atoms with van der Waals surface area (Å²) in [6.45, 7) is 3.15. The second-order valence-corrected chi connectivity index (χ2v) is 6.90. The van der Waals surface area contributed by atoms with Crippen LogP contribution in [0.15, 0.2) is 18.2 Å². The van der Waals surface area contributed by atoms with Gasteiger partial charge < -0.3 is 14.8 Å². The Balaban J connectivity index is 1.30. The third kappa shape index (κ3) is 3.41. The summed E-state index contributed by atoms with van der Waals surface area (Å²) in [6.07, 6.45) is 3.81. The second kappa shape index (κ2) is 7.09. The van der Waals surface area contributed by atoms with Gasteiger partial charge in [-0.3, -0.25) is 4.79 Å². The normalized spacial score (nSPS) is 26.8. The molecular weight excluding hydrogens is 306 g/mol. The summed E-state index contributed by atoms with van der Waals surface area (Å²) in [4.78, 5) is 12.4. The summed E-state index contributed by atoms with van der Waals surface area (Å²) in [5, 5.41) is 3.09. The van der Waals surface area contributed by atoms with Crippen LogP contribution in [0.5, 0.6) is 5.75 Å².